The summed E-state index contributed by atoms with van der Waals surface area (Å²) in [6, 6.07) is 7.34. The van der Waals surface area contributed by atoms with E-state index >= 15 is 0 Å². The Morgan fingerprint density at radius 1 is 1.09 bits per heavy atom. The highest BCUT2D eigenvalue weighted by Crippen LogP contribution is 2.39. The number of aromatic amines is 1. The second-order valence-corrected chi connectivity index (χ2v) is 10.8. The SMILES string of the molecule is CC[C@@H](CN)NS(=O)(=O)c1ccc(-c2cccc3[nH]c(N)nc23)c(C2NNNN2)c1S(N)(=O)=O. The van der Waals surface area contributed by atoms with Crippen LogP contribution in [-0.4, -0.2) is 39.4 Å². The Kier molecular flexibility index (Phi) is 6.60. The van der Waals surface area contributed by atoms with Crippen LogP contribution in [0.4, 0.5) is 5.95 Å². The molecule has 1 aliphatic heterocycles. The lowest BCUT2D eigenvalue weighted by atomic mass is 9.96. The predicted molar refractivity (Wildman–Crippen MR) is 126 cm³/mol. The van der Waals surface area contributed by atoms with Gasteiger partial charge in [0.2, 0.25) is 20.0 Å². The Hall–Kier alpha value is -2.67. The second kappa shape index (κ2) is 9.17. The zero-order chi connectivity index (χ0) is 24.7. The fourth-order valence-corrected chi connectivity index (χ4v) is 6.84. The summed E-state index contributed by atoms with van der Waals surface area (Å²) in [4.78, 5) is 6.16. The monoisotopic (exact) mass is 510 g/mol. The number of hydrogen-bond donors (Lipinski definition) is 9. The minimum atomic E-state index is -4.55. The highest BCUT2D eigenvalue weighted by molar-refractivity contribution is 7.92. The molecule has 0 unspecified atom stereocenters. The number of hydrogen-bond acceptors (Lipinski definition) is 11. The van der Waals surface area contributed by atoms with E-state index in [1.165, 1.54) is 12.1 Å². The first-order chi connectivity index (χ1) is 16.1. The standard InChI is InChI=1S/C18H26N10O4S2/c1-2-9(8-19)26-34(31,32)13-7-6-10(11-4-3-5-12-15(11)23-18(20)22-12)14(16(13)33(21,29)30)17-24-27-28-25-17/h3-7,9,17,24-28H,2,8,19H2,1H3,(H3,20,22,23)(H2,21,29,30)/t9-/m0/s1. The molecule has 0 bridgehead atoms. The first-order valence-electron chi connectivity index (χ1n) is 10.2. The summed E-state index contributed by atoms with van der Waals surface area (Å²) in [6.07, 6.45) is -0.477. The van der Waals surface area contributed by atoms with Gasteiger partial charge in [-0.25, -0.2) is 42.5 Å². The van der Waals surface area contributed by atoms with Gasteiger partial charge < -0.3 is 16.5 Å². The summed E-state index contributed by atoms with van der Waals surface area (Å²) in [5.74, 6) is 0.173. The van der Waals surface area contributed by atoms with Gasteiger partial charge in [-0.2, -0.15) is 11.1 Å². The Bertz CT molecular complexity index is 1430. The molecule has 1 fully saturated rings. The number of hydrazine groups is 3. The number of benzene rings is 2. The van der Waals surface area contributed by atoms with Crippen LogP contribution in [0.5, 0.6) is 0 Å². The van der Waals surface area contributed by atoms with Gasteiger partial charge in [0.15, 0.2) is 5.95 Å². The molecule has 34 heavy (non-hydrogen) atoms. The van der Waals surface area contributed by atoms with Crippen molar-refractivity contribution in [3.8, 4) is 11.1 Å². The third-order valence-electron chi connectivity index (χ3n) is 5.44. The lowest BCUT2D eigenvalue weighted by Gasteiger charge is -2.23. The van der Waals surface area contributed by atoms with Gasteiger partial charge in [0, 0.05) is 23.7 Å². The second-order valence-electron chi connectivity index (χ2n) is 7.66. The van der Waals surface area contributed by atoms with E-state index < -0.39 is 42.0 Å². The van der Waals surface area contributed by atoms with Crippen LogP contribution in [-0.2, 0) is 20.0 Å². The van der Waals surface area contributed by atoms with Crippen LogP contribution < -0.4 is 43.2 Å². The quantitative estimate of drug-likeness (QED) is 0.171. The smallest absolute Gasteiger partial charge is 0.242 e. The van der Waals surface area contributed by atoms with Gasteiger partial charge in [-0.3, -0.25) is 0 Å². The molecule has 184 valence electrons. The molecule has 2 aromatic carbocycles. The molecule has 0 saturated carbocycles. The average molecular weight is 511 g/mol. The van der Waals surface area contributed by atoms with Crippen molar-refractivity contribution in [1.82, 2.24) is 36.6 Å². The number of nitrogens with two attached hydrogens (primary N) is 3. The van der Waals surface area contributed by atoms with Crippen molar-refractivity contribution in [2.24, 2.45) is 10.9 Å². The number of sulfonamides is 2. The Morgan fingerprint density at radius 2 is 1.79 bits per heavy atom. The lowest BCUT2D eigenvalue weighted by Crippen LogP contribution is -2.40. The number of nitrogens with zero attached hydrogens (tertiary/aromatic N) is 1. The van der Waals surface area contributed by atoms with Crippen LogP contribution in [0, 0.1) is 0 Å². The van der Waals surface area contributed by atoms with Crippen LogP contribution >= 0.6 is 0 Å². The zero-order valence-corrected chi connectivity index (χ0v) is 19.7. The normalized spacial score (nSPS) is 16.3. The van der Waals surface area contributed by atoms with Gasteiger partial charge in [0.1, 0.15) is 16.0 Å². The van der Waals surface area contributed by atoms with Gasteiger partial charge >= 0.3 is 0 Å². The Morgan fingerprint density at radius 3 is 2.41 bits per heavy atom. The molecule has 3 aromatic rings. The summed E-state index contributed by atoms with van der Waals surface area (Å²) in [5.41, 5.74) is 24.4. The number of para-hydroxylation sites is 1. The maximum absolute atomic E-state index is 13.3. The number of nitrogens with one attached hydrogen (secondary N) is 6. The highest BCUT2D eigenvalue weighted by Gasteiger charge is 2.35. The van der Waals surface area contributed by atoms with Crippen molar-refractivity contribution < 1.29 is 16.8 Å². The van der Waals surface area contributed by atoms with Crippen LogP contribution in [0.1, 0.15) is 25.1 Å². The van der Waals surface area contributed by atoms with Crippen LogP contribution in [0.25, 0.3) is 22.2 Å². The van der Waals surface area contributed by atoms with E-state index in [1.807, 2.05) is 0 Å². The summed E-state index contributed by atoms with van der Waals surface area (Å²) in [6.45, 7) is 1.79. The van der Waals surface area contributed by atoms with E-state index in [-0.39, 0.29) is 18.1 Å². The summed E-state index contributed by atoms with van der Waals surface area (Å²) in [7, 11) is -8.87. The van der Waals surface area contributed by atoms with Crippen molar-refractivity contribution in [1.29, 1.82) is 0 Å². The third-order valence-corrected chi connectivity index (χ3v) is 8.14. The van der Waals surface area contributed by atoms with Crippen molar-refractivity contribution >= 4 is 37.0 Å². The number of aromatic nitrogens is 2. The topological polar surface area (TPSA) is 235 Å². The van der Waals surface area contributed by atoms with Crippen molar-refractivity contribution in [3.63, 3.8) is 0 Å². The fourth-order valence-electron chi connectivity index (χ4n) is 3.85. The predicted octanol–water partition coefficient (Wildman–Crippen LogP) is -1.41. The molecule has 0 spiro atoms. The van der Waals surface area contributed by atoms with E-state index in [0.29, 0.717) is 28.6 Å². The number of primary sulfonamides is 1. The van der Waals surface area contributed by atoms with Crippen LogP contribution in [0.3, 0.4) is 0 Å². The first-order valence-corrected chi connectivity index (χ1v) is 13.3. The molecule has 1 atom stereocenters. The molecule has 14 nitrogen and oxygen atoms in total. The largest absolute Gasteiger partial charge is 0.369 e. The Labute approximate surface area is 196 Å². The van der Waals surface area contributed by atoms with Gasteiger partial charge in [-0.15, -0.1) is 0 Å². The number of anilines is 1. The summed E-state index contributed by atoms with van der Waals surface area (Å²) >= 11 is 0. The lowest BCUT2D eigenvalue weighted by molar-refractivity contribution is 0.526. The van der Waals surface area contributed by atoms with Gasteiger partial charge in [0.05, 0.1) is 11.0 Å². The maximum atomic E-state index is 13.3. The average Bonchev–Trinajstić information content (AvgIpc) is 3.44. The van der Waals surface area contributed by atoms with Gasteiger partial charge in [-0.05, 0) is 24.1 Å². The number of imidazole rings is 1. The summed E-state index contributed by atoms with van der Waals surface area (Å²) < 4.78 is 54.7. The van der Waals surface area contributed by atoms with Crippen molar-refractivity contribution in [2.75, 3.05) is 12.3 Å². The molecular weight excluding hydrogens is 484 g/mol. The molecule has 12 N–H and O–H groups in total. The van der Waals surface area contributed by atoms with Gasteiger partial charge in [0.25, 0.3) is 0 Å². The van der Waals surface area contributed by atoms with E-state index in [2.05, 4.69) is 36.6 Å². The maximum Gasteiger partial charge on any atom is 0.242 e. The molecule has 4 rings (SSSR count). The van der Waals surface area contributed by atoms with Gasteiger partial charge in [-0.1, -0.05) is 25.1 Å². The molecular formula is C18H26N10O4S2. The molecule has 16 heteroatoms. The number of H-pyrrole nitrogens is 1. The van der Waals surface area contributed by atoms with E-state index in [0.717, 1.165) is 0 Å². The van der Waals surface area contributed by atoms with E-state index in [1.54, 1.807) is 25.1 Å². The molecule has 2 heterocycles. The zero-order valence-electron chi connectivity index (χ0n) is 18.1. The number of fused-ring (bicyclic) bond motifs is 1. The highest BCUT2D eigenvalue weighted by atomic mass is 32.2. The minimum absolute atomic E-state index is 0.0353. The van der Waals surface area contributed by atoms with Crippen LogP contribution in [0.2, 0.25) is 0 Å². The first kappa shape index (κ1) is 24.5. The Balaban J connectivity index is 2.05. The molecule has 1 aromatic heterocycles. The van der Waals surface area contributed by atoms with Crippen molar-refractivity contribution in [2.45, 2.75) is 35.3 Å². The number of nitrogen functional groups attached to an aromatic ring is 1. The minimum Gasteiger partial charge on any atom is -0.369 e. The van der Waals surface area contributed by atoms with Crippen molar-refractivity contribution in [3.05, 3.63) is 35.9 Å². The van der Waals surface area contributed by atoms with E-state index in [4.69, 9.17) is 16.6 Å². The van der Waals surface area contributed by atoms with Crippen LogP contribution in [0.15, 0.2) is 40.1 Å². The van der Waals surface area contributed by atoms with E-state index in [9.17, 15) is 16.8 Å². The number of rotatable bonds is 8. The third kappa shape index (κ3) is 4.50. The molecule has 0 aliphatic carbocycles. The molecule has 0 amide bonds. The molecule has 1 saturated heterocycles. The molecule has 1 aliphatic rings. The summed E-state index contributed by atoms with van der Waals surface area (Å²) in [5, 5.41) is 5.60. The fraction of sp³-hybridized carbons (Fsp3) is 0.278. The molecule has 0 radical (unpaired) electrons.